The predicted molar refractivity (Wildman–Crippen MR) is 104 cm³/mol. The van der Waals surface area contributed by atoms with Gasteiger partial charge in [0.05, 0.1) is 30.5 Å². The van der Waals surface area contributed by atoms with Crippen molar-refractivity contribution in [2.75, 3.05) is 48.4 Å². The molecule has 2 aliphatic heterocycles. The number of nitrogens with two attached hydrogens (primary N) is 1. The van der Waals surface area contributed by atoms with Crippen molar-refractivity contribution >= 4 is 17.6 Å². The van der Waals surface area contributed by atoms with Gasteiger partial charge in [0.2, 0.25) is 5.95 Å². The Morgan fingerprint density at radius 2 is 1.93 bits per heavy atom. The van der Waals surface area contributed by atoms with Crippen LogP contribution in [-0.4, -0.2) is 53.8 Å². The van der Waals surface area contributed by atoms with E-state index in [0.29, 0.717) is 37.4 Å². The predicted octanol–water partition coefficient (Wildman–Crippen LogP) is 2.82. The number of alkyl halides is 3. The van der Waals surface area contributed by atoms with Crippen LogP contribution in [0.15, 0.2) is 18.3 Å². The van der Waals surface area contributed by atoms with Gasteiger partial charge < -0.3 is 20.3 Å². The highest BCUT2D eigenvalue weighted by Gasteiger charge is 2.36. The summed E-state index contributed by atoms with van der Waals surface area (Å²) < 4.78 is 46.4. The van der Waals surface area contributed by atoms with Gasteiger partial charge in [-0.05, 0) is 18.9 Å². The largest absolute Gasteiger partial charge is 0.417 e. The van der Waals surface area contributed by atoms with Crippen molar-refractivity contribution in [3.63, 3.8) is 0 Å². The number of nitrogen functional groups attached to an aromatic ring is 1. The van der Waals surface area contributed by atoms with E-state index in [1.165, 1.54) is 0 Å². The lowest BCUT2D eigenvalue weighted by Crippen LogP contribution is -2.47. The van der Waals surface area contributed by atoms with Crippen molar-refractivity contribution in [2.45, 2.75) is 26.1 Å². The molecule has 2 saturated heterocycles. The number of halogens is 3. The van der Waals surface area contributed by atoms with E-state index in [-0.39, 0.29) is 23.1 Å². The summed E-state index contributed by atoms with van der Waals surface area (Å²) in [4.78, 5) is 17.0. The SMILES string of the molecule is CC1CN(c2cc(-c3cnc(N)cc3C(F)(F)F)nc(N3CCOCC3C)n2)C1. The van der Waals surface area contributed by atoms with Gasteiger partial charge in [-0.25, -0.2) is 9.97 Å². The van der Waals surface area contributed by atoms with Crippen LogP contribution in [0.1, 0.15) is 19.4 Å². The van der Waals surface area contributed by atoms with E-state index < -0.39 is 11.7 Å². The zero-order valence-electron chi connectivity index (χ0n) is 16.3. The summed E-state index contributed by atoms with van der Waals surface area (Å²) in [6, 6.07) is 2.47. The maximum Gasteiger partial charge on any atom is 0.417 e. The Bertz CT molecular complexity index is 900. The van der Waals surface area contributed by atoms with Gasteiger partial charge in [-0.15, -0.1) is 0 Å². The van der Waals surface area contributed by atoms with Gasteiger partial charge in [-0.1, -0.05) is 6.92 Å². The topological polar surface area (TPSA) is 80.4 Å². The maximum absolute atomic E-state index is 13.7. The van der Waals surface area contributed by atoms with Gasteiger partial charge in [0.1, 0.15) is 11.6 Å². The first-order chi connectivity index (χ1) is 13.7. The fourth-order valence-electron chi connectivity index (χ4n) is 3.67. The lowest BCUT2D eigenvalue weighted by Gasteiger charge is -2.39. The fraction of sp³-hybridized carbons (Fsp3) is 0.526. The van der Waals surface area contributed by atoms with Crippen molar-refractivity contribution in [1.82, 2.24) is 15.0 Å². The number of rotatable bonds is 3. The molecule has 4 heterocycles. The van der Waals surface area contributed by atoms with E-state index in [2.05, 4.69) is 21.9 Å². The molecule has 2 aromatic heterocycles. The Morgan fingerprint density at radius 3 is 2.59 bits per heavy atom. The molecule has 2 fully saturated rings. The number of aromatic nitrogens is 3. The van der Waals surface area contributed by atoms with Crippen molar-refractivity contribution in [3.05, 3.63) is 23.9 Å². The van der Waals surface area contributed by atoms with E-state index in [1.807, 2.05) is 16.7 Å². The van der Waals surface area contributed by atoms with Crippen molar-refractivity contribution in [2.24, 2.45) is 5.92 Å². The van der Waals surface area contributed by atoms with E-state index in [4.69, 9.17) is 10.5 Å². The summed E-state index contributed by atoms with van der Waals surface area (Å²) in [7, 11) is 0. The van der Waals surface area contributed by atoms with Gasteiger partial charge in [0, 0.05) is 37.5 Å². The smallest absolute Gasteiger partial charge is 0.384 e. The molecule has 0 aromatic carbocycles. The van der Waals surface area contributed by atoms with Crippen molar-refractivity contribution in [1.29, 1.82) is 0 Å². The first-order valence-corrected chi connectivity index (χ1v) is 9.54. The minimum absolute atomic E-state index is 0.0220. The number of morpholine rings is 1. The molecule has 4 rings (SSSR count). The average molecular weight is 408 g/mol. The monoisotopic (exact) mass is 408 g/mol. The van der Waals surface area contributed by atoms with Crippen LogP contribution in [0.4, 0.5) is 30.8 Å². The Labute approximate surface area is 166 Å². The Hall–Kier alpha value is -2.62. The van der Waals surface area contributed by atoms with Gasteiger partial charge in [0.15, 0.2) is 0 Å². The lowest BCUT2D eigenvalue weighted by atomic mass is 10.0. The number of anilines is 3. The van der Waals surface area contributed by atoms with Gasteiger partial charge in [-0.3, -0.25) is 0 Å². The third-order valence-electron chi connectivity index (χ3n) is 5.22. The number of nitrogens with zero attached hydrogens (tertiary/aromatic N) is 5. The van der Waals surface area contributed by atoms with Crippen LogP contribution in [0.25, 0.3) is 11.3 Å². The summed E-state index contributed by atoms with van der Waals surface area (Å²) in [5, 5.41) is 0. The molecule has 10 heteroatoms. The summed E-state index contributed by atoms with van der Waals surface area (Å²) in [6.07, 6.45) is -3.44. The minimum Gasteiger partial charge on any atom is -0.384 e. The van der Waals surface area contributed by atoms with Crippen LogP contribution in [-0.2, 0) is 10.9 Å². The van der Waals surface area contributed by atoms with Crippen LogP contribution in [0, 0.1) is 5.92 Å². The molecule has 2 aliphatic rings. The lowest BCUT2D eigenvalue weighted by molar-refractivity contribution is -0.137. The van der Waals surface area contributed by atoms with E-state index in [0.717, 1.165) is 25.4 Å². The highest BCUT2D eigenvalue weighted by atomic mass is 19.4. The van der Waals surface area contributed by atoms with Crippen LogP contribution in [0.3, 0.4) is 0 Å². The summed E-state index contributed by atoms with van der Waals surface area (Å²) >= 11 is 0. The molecule has 1 atom stereocenters. The Balaban J connectivity index is 1.83. The fourth-order valence-corrected chi connectivity index (χ4v) is 3.67. The molecule has 2 N–H and O–H groups in total. The molecule has 7 nitrogen and oxygen atoms in total. The standard InChI is InChI=1S/C19H23F3N6O/c1-11-8-27(9-11)17-6-15(13-7-24-16(23)5-14(13)19(20,21)22)25-18(26-17)28-3-4-29-10-12(28)2/h5-7,11-12H,3-4,8-10H2,1-2H3,(H2,23,24). The zero-order chi connectivity index (χ0) is 20.8. The number of ether oxygens (including phenoxy) is 1. The third-order valence-corrected chi connectivity index (χ3v) is 5.22. The first-order valence-electron chi connectivity index (χ1n) is 9.54. The van der Waals surface area contributed by atoms with Gasteiger partial charge >= 0.3 is 6.18 Å². The molecule has 29 heavy (non-hydrogen) atoms. The Morgan fingerprint density at radius 1 is 1.17 bits per heavy atom. The molecule has 0 bridgehead atoms. The second kappa shape index (κ2) is 7.33. The molecule has 0 amide bonds. The molecule has 0 spiro atoms. The van der Waals surface area contributed by atoms with Crippen LogP contribution in [0.5, 0.6) is 0 Å². The van der Waals surface area contributed by atoms with E-state index in [9.17, 15) is 13.2 Å². The van der Waals surface area contributed by atoms with E-state index >= 15 is 0 Å². The van der Waals surface area contributed by atoms with Crippen molar-refractivity contribution in [3.8, 4) is 11.3 Å². The van der Waals surface area contributed by atoms with Crippen LogP contribution >= 0.6 is 0 Å². The highest BCUT2D eigenvalue weighted by molar-refractivity contribution is 5.69. The molecule has 1 unspecified atom stereocenters. The molecule has 0 saturated carbocycles. The molecule has 0 aliphatic carbocycles. The average Bonchev–Trinajstić information content (AvgIpc) is 2.65. The number of pyridine rings is 1. The minimum atomic E-state index is -4.57. The van der Waals surface area contributed by atoms with Gasteiger partial charge in [-0.2, -0.15) is 18.2 Å². The molecule has 0 radical (unpaired) electrons. The number of hydrogen-bond donors (Lipinski definition) is 1. The van der Waals surface area contributed by atoms with Crippen LogP contribution < -0.4 is 15.5 Å². The first kappa shape index (κ1) is 19.7. The molecular weight excluding hydrogens is 385 g/mol. The summed E-state index contributed by atoms with van der Waals surface area (Å²) in [5.74, 6) is 1.35. The normalized spacial score (nSPS) is 20.7. The molecule has 2 aromatic rings. The summed E-state index contributed by atoms with van der Waals surface area (Å²) in [6.45, 7) is 7.32. The summed E-state index contributed by atoms with van der Waals surface area (Å²) in [5.41, 5.74) is 4.74. The molecule has 156 valence electrons. The highest BCUT2D eigenvalue weighted by Crippen LogP contribution is 2.38. The van der Waals surface area contributed by atoms with Crippen molar-refractivity contribution < 1.29 is 17.9 Å². The third kappa shape index (κ3) is 3.93. The van der Waals surface area contributed by atoms with Gasteiger partial charge in [0.25, 0.3) is 0 Å². The van der Waals surface area contributed by atoms with E-state index in [1.54, 1.807) is 6.07 Å². The molecular formula is C19H23F3N6O. The zero-order valence-corrected chi connectivity index (χ0v) is 16.3. The quantitative estimate of drug-likeness (QED) is 0.837. The van der Waals surface area contributed by atoms with Crippen LogP contribution in [0.2, 0.25) is 0 Å². The second-order valence-electron chi connectivity index (χ2n) is 7.69. The Kier molecular flexibility index (Phi) is 4.97. The number of hydrogen-bond acceptors (Lipinski definition) is 7. The second-order valence-corrected chi connectivity index (χ2v) is 7.69. The maximum atomic E-state index is 13.7.